The number of nitrogens with one attached hydrogen (secondary N) is 1. The quantitative estimate of drug-likeness (QED) is 0.262. The zero-order chi connectivity index (χ0) is 30.9. The normalized spacial score (nSPS) is 12.9. The lowest BCUT2D eigenvalue weighted by molar-refractivity contribution is -0.140. The van der Waals surface area contributed by atoms with Gasteiger partial charge in [-0.25, -0.2) is 4.98 Å². The molecular formula is C30H48N4O6S. The Kier molecular flexibility index (Phi) is 16.8. The van der Waals surface area contributed by atoms with Crippen molar-refractivity contribution in [1.29, 1.82) is 0 Å². The van der Waals surface area contributed by atoms with Crippen LogP contribution in [0.15, 0.2) is 29.6 Å². The third-order valence-corrected chi connectivity index (χ3v) is 7.69. The number of benzene rings is 1. The van der Waals surface area contributed by atoms with E-state index in [0.717, 1.165) is 11.3 Å². The Morgan fingerprint density at radius 1 is 1.12 bits per heavy atom. The van der Waals surface area contributed by atoms with Gasteiger partial charge in [0.05, 0.1) is 20.8 Å². The van der Waals surface area contributed by atoms with Gasteiger partial charge in [0.25, 0.3) is 5.91 Å². The van der Waals surface area contributed by atoms with Crippen molar-refractivity contribution in [2.24, 2.45) is 11.7 Å². The van der Waals surface area contributed by atoms with Crippen LogP contribution >= 0.6 is 11.3 Å². The summed E-state index contributed by atoms with van der Waals surface area (Å²) in [7, 11) is 4.59. The third-order valence-electron chi connectivity index (χ3n) is 6.74. The second kappa shape index (κ2) is 19.2. The molecule has 230 valence electrons. The number of carbonyl (C=O) groups is 3. The molecule has 1 aromatic heterocycles. The smallest absolute Gasteiger partial charge is 0.305 e. The molecule has 41 heavy (non-hydrogen) atoms. The van der Waals surface area contributed by atoms with Crippen LogP contribution in [0.3, 0.4) is 0 Å². The van der Waals surface area contributed by atoms with Gasteiger partial charge in [0.2, 0.25) is 5.91 Å². The van der Waals surface area contributed by atoms with Crippen LogP contribution in [0, 0.1) is 5.92 Å². The molecule has 2 rings (SSSR count). The van der Waals surface area contributed by atoms with Crippen LogP contribution in [0.5, 0.6) is 5.75 Å². The van der Waals surface area contributed by atoms with Crippen molar-refractivity contribution < 1.29 is 29.0 Å². The van der Waals surface area contributed by atoms with E-state index < -0.39 is 12.0 Å². The zero-order valence-corrected chi connectivity index (χ0v) is 26.3. The number of aliphatic hydroxyl groups excluding tert-OH is 1. The van der Waals surface area contributed by atoms with E-state index in [4.69, 9.17) is 15.2 Å². The molecule has 0 radical (unpaired) electrons. The molecular weight excluding hydrogens is 544 g/mol. The number of nitrogens with zero attached hydrogens (tertiary/aromatic N) is 2. The fourth-order valence-corrected chi connectivity index (χ4v) is 4.80. The van der Waals surface area contributed by atoms with Crippen molar-refractivity contribution in [1.82, 2.24) is 15.2 Å². The van der Waals surface area contributed by atoms with E-state index in [9.17, 15) is 19.5 Å². The summed E-state index contributed by atoms with van der Waals surface area (Å²) >= 11 is 1.18. The van der Waals surface area contributed by atoms with Crippen LogP contribution in [-0.2, 0) is 20.7 Å². The first-order valence-electron chi connectivity index (χ1n) is 14.1. The van der Waals surface area contributed by atoms with Gasteiger partial charge in [-0.15, -0.1) is 11.3 Å². The van der Waals surface area contributed by atoms with Crippen LogP contribution in [0.2, 0.25) is 0 Å². The van der Waals surface area contributed by atoms with Gasteiger partial charge in [-0.05, 0) is 36.5 Å². The Balaban J connectivity index is 0.00000196. The van der Waals surface area contributed by atoms with Crippen molar-refractivity contribution in [3.63, 3.8) is 0 Å². The monoisotopic (exact) mass is 592 g/mol. The molecule has 3 atom stereocenters. The summed E-state index contributed by atoms with van der Waals surface area (Å²) in [5.41, 5.74) is 6.65. The third kappa shape index (κ3) is 12.6. The van der Waals surface area contributed by atoms with Gasteiger partial charge in [0, 0.05) is 37.4 Å². The summed E-state index contributed by atoms with van der Waals surface area (Å²) in [5, 5.41) is 15.8. The number of aromatic nitrogens is 1. The molecule has 0 aliphatic carbocycles. The molecule has 11 heteroatoms. The number of ether oxygens (including phenoxy) is 2. The summed E-state index contributed by atoms with van der Waals surface area (Å²) in [6.45, 7) is 8.19. The topological polar surface area (TPSA) is 144 Å². The highest BCUT2D eigenvalue weighted by molar-refractivity contribution is 7.09. The van der Waals surface area contributed by atoms with Gasteiger partial charge in [0.15, 0.2) is 0 Å². The van der Waals surface area contributed by atoms with Crippen LogP contribution in [0.1, 0.15) is 87.0 Å². The number of carbonyl (C=O) groups excluding carboxylic acids is 3. The van der Waals surface area contributed by atoms with Gasteiger partial charge >= 0.3 is 5.97 Å². The van der Waals surface area contributed by atoms with E-state index in [-0.39, 0.29) is 55.0 Å². The molecule has 2 aromatic rings. The highest BCUT2D eigenvalue weighted by atomic mass is 32.1. The first kappa shape index (κ1) is 36.0. The van der Waals surface area contributed by atoms with Gasteiger partial charge in [-0.1, -0.05) is 52.7 Å². The average Bonchev–Trinajstić information content (AvgIpc) is 3.48. The lowest BCUT2D eigenvalue weighted by atomic mass is 9.96. The van der Waals surface area contributed by atoms with Crippen molar-refractivity contribution in [2.45, 2.75) is 84.4 Å². The summed E-state index contributed by atoms with van der Waals surface area (Å²) < 4.78 is 9.94. The number of likely N-dealkylation sites (N-methyl/N-ethyl adjacent to an activating group) is 1. The van der Waals surface area contributed by atoms with Crippen molar-refractivity contribution >= 4 is 29.1 Å². The Hall–Kier alpha value is -3.02. The number of unbranched alkanes of at least 4 members (excludes halogenated alkanes) is 1. The molecule has 3 unspecified atom stereocenters. The fourth-order valence-electron chi connectivity index (χ4n) is 4.01. The molecule has 10 nitrogen and oxygen atoms in total. The highest BCUT2D eigenvalue weighted by Crippen LogP contribution is 2.27. The number of esters is 1. The second-order valence-electron chi connectivity index (χ2n) is 10.2. The fraction of sp³-hybridized carbons (Fsp3) is 0.600. The van der Waals surface area contributed by atoms with Crippen LogP contribution in [-0.4, -0.2) is 72.7 Å². The molecule has 0 saturated carbocycles. The first-order valence-corrected chi connectivity index (χ1v) is 15.0. The van der Waals surface area contributed by atoms with E-state index in [1.54, 1.807) is 24.4 Å². The molecule has 2 amide bonds. The van der Waals surface area contributed by atoms with Crippen molar-refractivity contribution in [3.05, 3.63) is 45.9 Å². The lowest BCUT2D eigenvalue weighted by Crippen LogP contribution is -2.44. The Labute approximate surface area is 248 Å². The number of methoxy groups -OCH3 is 2. The molecule has 0 aliphatic rings. The molecule has 0 saturated heterocycles. The van der Waals surface area contributed by atoms with Crippen LogP contribution in [0.4, 0.5) is 0 Å². The molecule has 0 spiro atoms. The number of nitrogens with two attached hydrogens (primary N) is 1. The zero-order valence-electron chi connectivity index (χ0n) is 25.5. The van der Waals surface area contributed by atoms with E-state index in [1.165, 1.54) is 31.3 Å². The van der Waals surface area contributed by atoms with E-state index in [1.807, 2.05) is 38.1 Å². The number of hydrogen-bond donors (Lipinski definition) is 3. The average molecular weight is 593 g/mol. The number of amides is 2. The van der Waals surface area contributed by atoms with Gasteiger partial charge in [-0.2, -0.15) is 0 Å². The van der Waals surface area contributed by atoms with Crippen molar-refractivity contribution in [3.8, 4) is 5.75 Å². The molecule has 0 fully saturated rings. The maximum absolute atomic E-state index is 13.0. The summed E-state index contributed by atoms with van der Waals surface area (Å²) in [5.74, 6) is -0.142. The Morgan fingerprint density at radius 3 is 2.27 bits per heavy atom. The maximum atomic E-state index is 13.0. The van der Waals surface area contributed by atoms with Crippen LogP contribution in [0.25, 0.3) is 0 Å². The molecule has 1 aromatic carbocycles. The maximum Gasteiger partial charge on any atom is 0.305 e. The van der Waals surface area contributed by atoms with E-state index in [0.29, 0.717) is 17.8 Å². The van der Waals surface area contributed by atoms with Crippen molar-refractivity contribution in [2.75, 3.05) is 27.8 Å². The number of hydrogen-bond acceptors (Lipinski definition) is 9. The largest absolute Gasteiger partial charge is 0.497 e. The highest BCUT2D eigenvalue weighted by Gasteiger charge is 2.27. The standard InChI is InChI=1S/C26H38N4O6S.C4H10/c1-16(2)21(30(3)23(32)14-27)13-22(31)26-29-20(15-37-26)25(34)28-18(8-11-24(33)36-5)12-17-6-9-19(35-4)10-7-17;1-3-4-2/h6-7,9-10,15-16,18,21-22,31H,8,11-14,27H2,1-5H3,(H,28,34);3-4H2,1-2H3. The van der Waals surface area contributed by atoms with Gasteiger partial charge in [-0.3, -0.25) is 14.4 Å². The molecule has 1 heterocycles. The summed E-state index contributed by atoms with van der Waals surface area (Å²) in [6.07, 6.45) is 3.02. The predicted molar refractivity (Wildman–Crippen MR) is 162 cm³/mol. The second-order valence-corrected chi connectivity index (χ2v) is 11.1. The summed E-state index contributed by atoms with van der Waals surface area (Å²) in [4.78, 5) is 42.7. The number of rotatable bonds is 15. The molecule has 0 aliphatic heterocycles. The Bertz CT molecular complexity index is 1060. The minimum atomic E-state index is -0.943. The minimum absolute atomic E-state index is 0.0893. The minimum Gasteiger partial charge on any atom is -0.497 e. The van der Waals surface area contributed by atoms with E-state index >= 15 is 0 Å². The van der Waals surface area contributed by atoms with E-state index in [2.05, 4.69) is 24.1 Å². The summed E-state index contributed by atoms with van der Waals surface area (Å²) in [6, 6.07) is 6.92. The first-order chi connectivity index (χ1) is 19.5. The predicted octanol–water partition coefficient (Wildman–Crippen LogP) is 4.12. The molecule has 0 bridgehead atoms. The van der Waals surface area contributed by atoms with Gasteiger partial charge < -0.3 is 30.5 Å². The number of aliphatic hydroxyl groups is 1. The molecule has 4 N–H and O–H groups in total. The Morgan fingerprint density at radius 2 is 1.76 bits per heavy atom. The SMILES string of the molecule is CCCC.COC(=O)CCC(Cc1ccc(OC)cc1)NC(=O)c1csc(C(O)CC(C(C)C)N(C)C(=O)CN)n1. The van der Waals surface area contributed by atoms with Gasteiger partial charge in [0.1, 0.15) is 22.6 Å². The van der Waals surface area contributed by atoms with Crippen LogP contribution < -0.4 is 15.8 Å². The number of thiazole rings is 1. The lowest BCUT2D eigenvalue weighted by Gasteiger charge is -2.32.